The normalized spacial score (nSPS) is 33.0. The highest BCUT2D eigenvalue weighted by atomic mass is 16.8. The van der Waals surface area contributed by atoms with E-state index in [1.165, 1.54) is 13.0 Å². The van der Waals surface area contributed by atoms with Crippen LogP contribution in [0.3, 0.4) is 0 Å². The molecule has 16 nitrogen and oxygen atoms in total. The van der Waals surface area contributed by atoms with E-state index in [-0.39, 0.29) is 16.9 Å². The number of phenolic OH excluding ortho intramolecular Hbond substituents is 4. The van der Waals surface area contributed by atoms with Crippen LogP contribution in [0.15, 0.2) is 39.5 Å². The van der Waals surface area contributed by atoms with E-state index in [9.17, 15) is 55.9 Å². The number of rotatable bonds is 6. The lowest BCUT2D eigenvalue weighted by molar-refractivity contribution is -0.355. The summed E-state index contributed by atoms with van der Waals surface area (Å²) in [5.41, 5.74) is -1.33. The summed E-state index contributed by atoms with van der Waals surface area (Å²) < 4.78 is 28.3. The standard InChI is InChI=1S/C27H30O16/c1-8-17(33)21(37)25(43-26-22(38)20(36)18(34)15(7-28)41-26)27(39-8)42-24-19(35)16-13(32)5-10(29)6-14(16)40-23(24)9-2-3-11(30)12(31)4-9/h2-6,8,15,17-18,20-22,25-34,36-38H,7H2,1H3/t8-,15+,17+,18-,20-,21+,22+,25+,26-,27-/m0/s1. The average molecular weight is 611 g/mol. The number of fused-ring (bicyclic) bond motifs is 1. The second-order valence-electron chi connectivity index (χ2n) is 10.2. The third-order valence-corrected chi connectivity index (χ3v) is 7.31. The molecule has 0 aliphatic carbocycles. The van der Waals surface area contributed by atoms with Crippen molar-refractivity contribution in [2.24, 2.45) is 0 Å². The molecule has 3 aromatic rings. The Morgan fingerprint density at radius 1 is 0.791 bits per heavy atom. The van der Waals surface area contributed by atoms with Crippen molar-refractivity contribution in [1.82, 2.24) is 0 Å². The number of ether oxygens (including phenoxy) is 4. The van der Waals surface area contributed by atoms with Crippen molar-refractivity contribution in [3.8, 4) is 40.1 Å². The van der Waals surface area contributed by atoms with Crippen LogP contribution in [-0.2, 0) is 14.2 Å². The molecular formula is C27H30O16. The maximum Gasteiger partial charge on any atom is 0.239 e. The molecule has 5 rings (SSSR count). The minimum Gasteiger partial charge on any atom is -0.508 e. The minimum atomic E-state index is -1.91. The van der Waals surface area contributed by atoms with Gasteiger partial charge in [-0.15, -0.1) is 0 Å². The Balaban J connectivity index is 1.60. The molecule has 234 valence electrons. The van der Waals surface area contributed by atoms with Crippen molar-refractivity contribution >= 4 is 11.0 Å². The summed E-state index contributed by atoms with van der Waals surface area (Å²) >= 11 is 0. The van der Waals surface area contributed by atoms with Gasteiger partial charge in [-0.05, 0) is 25.1 Å². The van der Waals surface area contributed by atoms with Crippen LogP contribution in [0, 0.1) is 0 Å². The highest BCUT2D eigenvalue weighted by Gasteiger charge is 2.51. The minimum absolute atomic E-state index is 0.0250. The molecule has 2 aliphatic rings. The number of phenols is 4. The highest BCUT2D eigenvalue weighted by molar-refractivity contribution is 5.88. The molecule has 2 aromatic carbocycles. The molecule has 0 spiro atoms. The Morgan fingerprint density at radius 3 is 2.19 bits per heavy atom. The Labute approximate surface area is 241 Å². The number of hydrogen-bond acceptors (Lipinski definition) is 16. The molecule has 43 heavy (non-hydrogen) atoms. The maximum atomic E-state index is 13.7. The summed E-state index contributed by atoms with van der Waals surface area (Å²) in [5.74, 6) is -3.29. The van der Waals surface area contributed by atoms with Crippen molar-refractivity contribution in [3.63, 3.8) is 0 Å². The van der Waals surface area contributed by atoms with Gasteiger partial charge in [0.1, 0.15) is 59.1 Å². The molecular weight excluding hydrogens is 580 g/mol. The van der Waals surface area contributed by atoms with E-state index < -0.39 is 108 Å². The fourth-order valence-corrected chi connectivity index (χ4v) is 4.92. The van der Waals surface area contributed by atoms with Crippen molar-refractivity contribution < 1.29 is 74.4 Å². The van der Waals surface area contributed by atoms with Crippen LogP contribution in [0.4, 0.5) is 0 Å². The van der Waals surface area contributed by atoms with E-state index in [2.05, 4.69) is 0 Å². The van der Waals surface area contributed by atoms with Crippen LogP contribution in [0.25, 0.3) is 22.3 Å². The second kappa shape index (κ2) is 11.8. The lowest BCUT2D eigenvalue weighted by atomic mass is 9.97. The van der Waals surface area contributed by atoms with E-state index in [4.69, 9.17) is 23.4 Å². The molecule has 2 saturated heterocycles. The van der Waals surface area contributed by atoms with Gasteiger partial charge in [-0.25, -0.2) is 0 Å². The van der Waals surface area contributed by atoms with Gasteiger partial charge in [0.2, 0.25) is 17.5 Å². The van der Waals surface area contributed by atoms with Crippen LogP contribution < -0.4 is 10.2 Å². The van der Waals surface area contributed by atoms with Gasteiger partial charge in [-0.2, -0.15) is 0 Å². The summed E-state index contributed by atoms with van der Waals surface area (Å²) in [6.45, 7) is 0.582. The topological polar surface area (TPSA) is 269 Å². The summed E-state index contributed by atoms with van der Waals surface area (Å²) in [7, 11) is 0. The van der Waals surface area contributed by atoms with Gasteiger partial charge in [-0.1, -0.05) is 0 Å². The number of aromatic hydroxyl groups is 4. The molecule has 2 fully saturated rings. The summed E-state index contributed by atoms with van der Waals surface area (Å²) in [4.78, 5) is 13.7. The summed E-state index contributed by atoms with van der Waals surface area (Å²) in [5, 5.41) is 101. The van der Waals surface area contributed by atoms with Crippen LogP contribution in [0.5, 0.6) is 28.7 Å². The zero-order chi connectivity index (χ0) is 31.3. The monoisotopic (exact) mass is 610 g/mol. The first kappa shape index (κ1) is 30.7. The van der Waals surface area contributed by atoms with Crippen molar-refractivity contribution in [2.45, 2.75) is 68.3 Å². The van der Waals surface area contributed by atoms with Gasteiger partial charge in [0.25, 0.3) is 0 Å². The zero-order valence-electron chi connectivity index (χ0n) is 22.3. The molecule has 0 amide bonds. The number of benzene rings is 2. The molecule has 0 radical (unpaired) electrons. The number of hydrogen-bond donors (Lipinski definition) is 10. The molecule has 3 heterocycles. The van der Waals surface area contributed by atoms with Crippen LogP contribution in [0.1, 0.15) is 6.92 Å². The van der Waals surface area contributed by atoms with Gasteiger partial charge in [0, 0.05) is 17.7 Å². The Bertz CT molecular complexity index is 1540. The molecule has 10 atom stereocenters. The molecule has 10 N–H and O–H groups in total. The van der Waals surface area contributed by atoms with E-state index in [1.54, 1.807) is 0 Å². The quantitative estimate of drug-likeness (QED) is 0.140. The van der Waals surface area contributed by atoms with Crippen LogP contribution in [-0.4, -0.2) is 119 Å². The van der Waals surface area contributed by atoms with E-state index in [0.717, 1.165) is 24.3 Å². The lowest BCUT2D eigenvalue weighted by Crippen LogP contribution is -2.64. The first-order valence-corrected chi connectivity index (χ1v) is 13.0. The summed E-state index contributed by atoms with van der Waals surface area (Å²) in [6.07, 6.45) is -16.8. The number of aliphatic hydroxyl groups excluding tert-OH is 6. The SMILES string of the molecule is C[C@@H]1O[C@@H](Oc2c(-c3ccc(O)c(O)c3)oc3cc(O)cc(O)c3c2=O)[C@H](O[C@@H]2O[C@H](CO)[C@H](O)[C@H](O)[C@H]2O)[C@H](O)[C@@H]1O. The largest absolute Gasteiger partial charge is 0.508 e. The van der Waals surface area contributed by atoms with E-state index >= 15 is 0 Å². The molecule has 16 heteroatoms. The van der Waals surface area contributed by atoms with Crippen molar-refractivity contribution in [3.05, 3.63) is 40.6 Å². The first-order chi connectivity index (χ1) is 20.3. The predicted octanol–water partition coefficient (Wildman–Crippen LogP) is -1.69. The van der Waals surface area contributed by atoms with Crippen LogP contribution >= 0.6 is 0 Å². The lowest BCUT2D eigenvalue weighted by Gasteiger charge is -2.45. The fourth-order valence-electron chi connectivity index (χ4n) is 4.92. The third-order valence-electron chi connectivity index (χ3n) is 7.31. The molecule has 0 bridgehead atoms. The van der Waals surface area contributed by atoms with E-state index in [0.29, 0.717) is 0 Å². The van der Waals surface area contributed by atoms with Gasteiger partial charge < -0.3 is 74.4 Å². The van der Waals surface area contributed by atoms with Gasteiger partial charge in [0.15, 0.2) is 29.7 Å². The first-order valence-electron chi connectivity index (χ1n) is 13.0. The molecule has 0 saturated carbocycles. The number of aliphatic hydroxyl groups is 6. The van der Waals surface area contributed by atoms with Crippen molar-refractivity contribution in [1.29, 1.82) is 0 Å². The molecule has 2 aliphatic heterocycles. The van der Waals surface area contributed by atoms with Gasteiger partial charge >= 0.3 is 0 Å². The third kappa shape index (κ3) is 5.55. The Morgan fingerprint density at radius 2 is 1.51 bits per heavy atom. The van der Waals surface area contributed by atoms with Gasteiger partial charge in [-0.3, -0.25) is 4.79 Å². The maximum absolute atomic E-state index is 13.7. The zero-order valence-corrected chi connectivity index (χ0v) is 22.3. The van der Waals surface area contributed by atoms with Crippen molar-refractivity contribution in [2.75, 3.05) is 6.61 Å². The smallest absolute Gasteiger partial charge is 0.239 e. The van der Waals surface area contributed by atoms with Gasteiger partial charge in [0.05, 0.1) is 12.7 Å². The highest BCUT2D eigenvalue weighted by Crippen LogP contribution is 2.40. The Kier molecular flexibility index (Phi) is 8.41. The fraction of sp³-hybridized carbons (Fsp3) is 0.444. The molecule has 1 aromatic heterocycles. The summed E-state index contributed by atoms with van der Waals surface area (Å²) in [6, 6.07) is 5.27. The van der Waals surface area contributed by atoms with Crippen LogP contribution in [0.2, 0.25) is 0 Å². The molecule has 0 unspecified atom stereocenters. The Hall–Kier alpha value is -3.71. The predicted molar refractivity (Wildman–Crippen MR) is 140 cm³/mol. The van der Waals surface area contributed by atoms with E-state index in [1.807, 2.05) is 0 Å². The second-order valence-corrected chi connectivity index (χ2v) is 10.2. The average Bonchev–Trinajstić information content (AvgIpc) is 2.96.